The molecule has 1 saturated heterocycles. The number of Topliss-reactive ketones (excluding diaryl/α,β-unsaturated/α-hetero) is 1. The third kappa shape index (κ3) is 53.0. The predicted octanol–water partition coefficient (Wildman–Crippen LogP) is 17.3. The van der Waals surface area contributed by atoms with Crippen LogP contribution in [0.3, 0.4) is 0 Å². The Bertz CT molecular complexity index is 3900. The van der Waals surface area contributed by atoms with Crippen LogP contribution >= 0.6 is 47.2 Å². The summed E-state index contributed by atoms with van der Waals surface area (Å²) in [6, 6.07) is 6.34. The number of ether oxygens (including phenoxy) is 4. The maximum Gasteiger partial charge on any atom is 2.00 e. The molecule has 26 nitrogen and oxygen atoms in total. The zero-order valence-corrected chi connectivity index (χ0v) is 90.6. The van der Waals surface area contributed by atoms with Crippen LogP contribution in [0.5, 0.6) is 0 Å². The first-order valence-electron chi connectivity index (χ1n) is 46.2. The zero-order chi connectivity index (χ0) is 99.4. The fourth-order valence-electron chi connectivity index (χ4n) is 15.7. The predicted molar refractivity (Wildman–Crippen MR) is 554 cm³/mol. The Kier molecular flexibility index (Phi) is 66.6. The molecule has 34 heteroatoms. The van der Waals surface area contributed by atoms with Gasteiger partial charge in [-0.15, -0.1) is 58.5 Å². The number of carbonyl (C=O) groups excluding carboxylic acids is 6. The number of nitrogens with two attached hydrogens (primary N) is 1. The molecule has 6 fully saturated rings. The molecule has 10 N–H and O–H groups in total. The third-order valence-corrected chi connectivity index (χ3v) is 24.5. The van der Waals surface area contributed by atoms with Gasteiger partial charge in [0.05, 0.1) is 64.8 Å². The van der Waals surface area contributed by atoms with E-state index in [1.165, 1.54) is 71.8 Å². The van der Waals surface area contributed by atoms with Crippen molar-refractivity contribution < 1.29 is 83.7 Å². The average Bonchev–Trinajstić information content (AvgIpc) is 0.820. The second-order valence-electron chi connectivity index (χ2n) is 39.6. The molecular weight excluding hydrogens is 1900 g/mol. The van der Waals surface area contributed by atoms with Gasteiger partial charge in [-0.1, -0.05) is 84.8 Å². The monoisotopic (exact) mass is 2060 g/mol. The van der Waals surface area contributed by atoms with Gasteiger partial charge in [0.15, 0.2) is 6.08 Å². The number of carbonyl (C=O) groups is 6. The number of ketones is 1. The quantitative estimate of drug-likeness (QED) is 0.0105. The topological polar surface area (TPSA) is 341 Å². The van der Waals surface area contributed by atoms with Crippen molar-refractivity contribution in [3.05, 3.63) is 160 Å². The number of rotatable bonds is 33. The number of amides is 5. The fourth-order valence-corrected chi connectivity index (χ4v) is 16.3. The molecule has 6 aliphatic rings. The van der Waals surface area contributed by atoms with E-state index in [0.717, 1.165) is 129 Å². The van der Waals surface area contributed by atoms with E-state index in [1.807, 2.05) is 105 Å². The van der Waals surface area contributed by atoms with E-state index in [1.54, 1.807) is 12.1 Å². The van der Waals surface area contributed by atoms with Crippen LogP contribution in [-0.4, -0.2) is 270 Å². The first kappa shape index (κ1) is 136. The number of nitriles is 1. The normalized spacial score (nSPS) is 22.3. The molecule has 770 valence electrons. The van der Waals surface area contributed by atoms with Crippen LogP contribution in [0.4, 0.5) is 28.9 Å². The van der Waals surface area contributed by atoms with Crippen LogP contribution in [0, 0.1) is 25.3 Å². The first-order chi connectivity index (χ1) is 61.0. The molecule has 1 unspecified atom stereocenters. The van der Waals surface area contributed by atoms with Crippen molar-refractivity contribution in [2.75, 3.05) is 77.4 Å². The van der Waals surface area contributed by atoms with Gasteiger partial charge >= 0.3 is 41.3 Å². The molecule has 0 spiro atoms. The summed E-state index contributed by atoms with van der Waals surface area (Å²) in [5.74, 6) is -0.756. The van der Waals surface area contributed by atoms with Crippen LogP contribution in [-0.2, 0) is 23.7 Å². The Morgan fingerprint density at radius 2 is 0.875 bits per heavy atom. The first-order valence-corrected chi connectivity index (χ1v) is 47.3. The Hall–Kier alpha value is -6.21. The largest absolute Gasteiger partial charge is 2.00 e. The molecule has 8 rings (SSSR count). The molecule has 5 aliphatic carbocycles. The van der Waals surface area contributed by atoms with Gasteiger partial charge in [0.25, 0.3) is 11.8 Å². The number of nitrogens with zero attached hydrogens (tertiary/aromatic N) is 7. The van der Waals surface area contributed by atoms with Gasteiger partial charge in [-0.25, -0.2) is 33.1 Å². The summed E-state index contributed by atoms with van der Waals surface area (Å²) in [6.45, 7) is 70.2. The van der Waals surface area contributed by atoms with E-state index >= 15 is 0 Å². The van der Waals surface area contributed by atoms with Crippen molar-refractivity contribution in [3.63, 3.8) is 0 Å². The van der Waals surface area contributed by atoms with E-state index in [2.05, 4.69) is 141 Å². The molecule has 0 aromatic carbocycles. The maximum atomic E-state index is 14.0. The molecule has 1 aliphatic heterocycles. The molecule has 5 amide bonds. The second-order valence-corrected chi connectivity index (χ2v) is 40.8. The van der Waals surface area contributed by atoms with Gasteiger partial charge in [-0.05, 0) is 258 Å². The smallest absolute Gasteiger partial charge is 1.00 e. The number of aliphatic hydroxyl groups is 2. The van der Waals surface area contributed by atoms with Crippen molar-refractivity contribution in [2.45, 2.75) is 365 Å². The summed E-state index contributed by atoms with van der Waals surface area (Å²) in [5.41, 5.74) is 2.38. The average molecular weight is 2070 g/mol. The van der Waals surface area contributed by atoms with Gasteiger partial charge < -0.3 is 91.2 Å². The number of anilines is 1. The van der Waals surface area contributed by atoms with Crippen molar-refractivity contribution in [3.8, 4) is 6.07 Å². The number of hydrogen-bond donors (Lipinski definition) is 9. The van der Waals surface area contributed by atoms with Crippen LogP contribution in [0.15, 0.2) is 119 Å². The molecule has 3 atom stereocenters. The van der Waals surface area contributed by atoms with E-state index in [4.69, 9.17) is 66.1 Å². The summed E-state index contributed by atoms with van der Waals surface area (Å²) < 4.78 is 48.4. The maximum absolute atomic E-state index is 14.0. The number of halogens is 7. The SMILES string of the molecule is C.C=CCN(CC=C)C1(C#N)CCC(NC(=O)OC(C)(C)C)CC1.C=CCN(CC=C)C1(C)CCC(N)CC1.C=CCN(CC=C)C1(C)CCC(NC(=O)OC(C)(C)C)CC1.CC(C)(C)OC(=O)NC1CCC(=O)CC1.CC(C)(O)[C@H](F)CNC(=O)c1cnc(Cl)cc1Cl.CC1CCCO1.Cl.[Br-].[CH+]=CCN(CC=C)C1(C)CCC(Nc2cc(Cl)ncc2C(=O)NC[C@@H](F)C(C)(C)O)CC1.[CH3-].[Mg+2]. The molecule has 2 aromatic rings. The molecule has 3 heterocycles. The Labute approximate surface area is 864 Å². The van der Waals surface area contributed by atoms with Crippen LogP contribution in [0.1, 0.15) is 287 Å². The standard InChI is InChI=1S/C24H34ClFN4O2.C18H29N3O2.C18H32N2O2.C13H24N2.C11H13Cl2FN2O2.C11H19NO3.C5H10O.CH4.CH3.BrH.ClH.Mg/c1-6-12-30(13-7-2)24(5)10-8-17(9-11-24)29-19-14-21(25)27-15-18(19)22(31)28-16-20(26)23(3,4)32;1-6-12-21(13-7-2)18(14-19)10-8-15(9-11-18)20-16(22)23-17(3,4)5;1-7-13-20(14-8-2)18(6)11-9-15(10-12-18)19-16(21)22-17(3,4)5;1-4-10-15(11-5-2)13(3)8-6-12(14)7-9-13;1-11(2,18)8(14)5-16-10(17)6-4-15-9(13)3-7(6)12;1-11(2,3)15-10(14)12-8-4-6-9(13)7-5-8;1-5-3-2-4-6-5;;;;;/h1,6-7,14-15,17,20,32H,2,8-13,16H2,3-5H3,(H-,27,28,29,31);6-7,15H,1-2,8-13H2,3-5H3,(H,20,22);7-8,15H,1-2,9-14H2,3-6H3,(H,19,21);4-5,12H,1-2,6-11,14H2,3H3;3-4,8,18H,5H2,1-2H3,(H,16,17);8H,4-7H2,1-3H3,(H,12,14);5H,2-4H2,1H3;1H4;1H3;2*1H;/q;;;;;;;;-1;;;+2/t17?,20-,24?;;;;8-;;;;;;;/m1...1......./s1. The summed E-state index contributed by atoms with van der Waals surface area (Å²) in [4.78, 5) is 87.5. The molecule has 0 bridgehead atoms. The summed E-state index contributed by atoms with van der Waals surface area (Å²) in [5, 5.41) is 46.4. The Morgan fingerprint density at radius 1 is 0.559 bits per heavy atom. The van der Waals surface area contributed by atoms with Crippen molar-refractivity contribution in [2.24, 2.45) is 5.73 Å². The zero-order valence-electron chi connectivity index (χ0n) is 84.5. The van der Waals surface area contributed by atoms with Gasteiger partial charge in [0, 0.05) is 124 Å². The van der Waals surface area contributed by atoms with E-state index in [0.29, 0.717) is 63.2 Å². The van der Waals surface area contributed by atoms with Gasteiger partial charge in [0.2, 0.25) is 6.58 Å². The van der Waals surface area contributed by atoms with Crippen LogP contribution in [0.25, 0.3) is 0 Å². The van der Waals surface area contributed by atoms with E-state index in [-0.39, 0.29) is 172 Å². The Morgan fingerprint density at radius 3 is 1.18 bits per heavy atom. The number of hydrogen-bond acceptors (Lipinski definition) is 21. The fraction of sp³-hybridized carbons (Fsp3) is 0.667. The second kappa shape index (κ2) is 66.5. The van der Waals surface area contributed by atoms with Crippen LogP contribution in [0.2, 0.25) is 15.3 Å². The van der Waals surface area contributed by atoms with Crippen molar-refractivity contribution in [1.29, 1.82) is 5.26 Å². The van der Waals surface area contributed by atoms with E-state index in [9.17, 15) is 53.0 Å². The van der Waals surface area contributed by atoms with Gasteiger partial charge in [0.1, 0.15) is 50.8 Å². The molecular formula is C102H170BrCl4F2MgN14O12+. The van der Waals surface area contributed by atoms with Crippen molar-refractivity contribution in [1.82, 2.24) is 56.2 Å². The molecule has 2 aromatic heterocycles. The summed E-state index contributed by atoms with van der Waals surface area (Å²) in [7, 11) is 0. The van der Waals surface area contributed by atoms with Crippen LogP contribution < -0.4 is 54.6 Å². The number of aromatic nitrogens is 2. The minimum absolute atomic E-state index is 0. The molecule has 5 saturated carbocycles. The number of pyridine rings is 2. The number of nitrogens with one attached hydrogen (secondary N) is 6. The summed E-state index contributed by atoms with van der Waals surface area (Å²) in [6.07, 6.45) is 34.4. The minimum Gasteiger partial charge on any atom is -1.00 e. The summed E-state index contributed by atoms with van der Waals surface area (Å²) >= 11 is 17.5. The Balaban J connectivity index is -0.000000766. The van der Waals surface area contributed by atoms with Gasteiger partial charge in [-0.3, -0.25) is 34.0 Å². The third-order valence-electron chi connectivity index (χ3n) is 23.7. The van der Waals surface area contributed by atoms with Gasteiger partial charge in [-0.2, -0.15) is 5.26 Å². The number of alkyl carbamates (subject to hydrolysis) is 3. The number of alkyl halides is 2. The molecule has 0 radical (unpaired) electrons. The van der Waals surface area contributed by atoms with E-state index < -0.39 is 57.7 Å². The van der Waals surface area contributed by atoms with Crippen molar-refractivity contribution >= 4 is 112 Å². The molecule has 136 heavy (non-hydrogen) atoms. The minimum atomic E-state index is -1.59.